The van der Waals surface area contributed by atoms with Crippen LogP contribution in [0.3, 0.4) is 0 Å². The molecular formula is C15H19IN2. The van der Waals surface area contributed by atoms with Gasteiger partial charge in [-0.2, -0.15) is 0 Å². The van der Waals surface area contributed by atoms with Crippen LogP contribution in [0.15, 0.2) is 36.5 Å². The predicted molar refractivity (Wildman–Crippen MR) is 85.9 cm³/mol. The molecule has 0 fully saturated rings. The first-order valence-corrected chi connectivity index (χ1v) is 7.43. The average Bonchev–Trinajstić information content (AvgIpc) is 2.79. The molecule has 2 aromatic rings. The Morgan fingerprint density at radius 3 is 2.83 bits per heavy atom. The topological polar surface area (TPSA) is 17.0 Å². The van der Waals surface area contributed by atoms with Crippen molar-refractivity contribution in [3.05, 3.63) is 51.4 Å². The van der Waals surface area contributed by atoms with E-state index in [1.807, 2.05) is 0 Å². The SMILES string of the molecule is CCCn1cccc1CNc1cccc(I)c1C. The molecule has 0 aliphatic rings. The molecule has 0 unspecified atom stereocenters. The molecule has 2 rings (SSSR count). The summed E-state index contributed by atoms with van der Waals surface area (Å²) in [7, 11) is 0. The minimum Gasteiger partial charge on any atom is -0.379 e. The Balaban J connectivity index is 2.07. The predicted octanol–water partition coefficient (Wildman–Crippen LogP) is 4.42. The van der Waals surface area contributed by atoms with Crippen molar-refractivity contribution in [2.75, 3.05) is 5.32 Å². The normalized spacial score (nSPS) is 10.6. The van der Waals surface area contributed by atoms with Gasteiger partial charge in [0.15, 0.2) is 0 Å². The van der Waals surface area contributed by atoms with Gasteiger partial charge in [0.1, 0.15) is 0 Å². The fraction of sp³-hybridized carbons (Fsp3) is 0.333. The largest absolute Gasteiger partial charge is 0.379 e. The van der Waals surface area contributed by atoms with Crippen LogP contribution < -0.4 is 5.32 Å². The van der Waals surface area contributed by atoms with E-state index in [4.69, 9.17) is 0 Å². The van der Waals surface area contributed by atoms with E-state index in [-0.39, 0.29) is 0 Å². The maximum Gasteiger partial charge on any atom is 0.0553 e. The zero-order chi connectivity index (χ0) is 13.0. The molecule has 0 bridgehead atoms. The second kappa shape index (κ2) is 6.27. The number of benzene rings is 1. The minimum atomic E-state index is 0.883. The molecule has 3 heteroatoms. The van der Waals surface area contributed by atoms with Crippen LogP contribution in [-0.4, -0.2) is 4.57 Å². The van der Waals surface area contributed by atoms with Crippen molar-refractivity contribution in [3.8, 4) is 0 Å². The molecule has 0 spiro atoms. The van der Waals surface area contributed by atoms with Crippen LogP contribution in [0.5, 0.6) is 0 Å². The van der Waals surface area contributed by atoms with Gasteiger partial charge in [-0.25, -0.2) is 0 Å². The Bertz CT molecular complexity index is 517. The average molecular weight is 354 g/mol. The molecule has 0 atom stereocenters. The van der Waals surface area contributed by atoms with Gasteiger partial charge >= 0.3 is 0 Å². The third-order valence-electron chi connectivity index (χ3n) is 3.12. The summed E-state index contributed by atoms with van der Waals surface area (Å²) in [5.41, 5.74) is 3.90. The van der Waals surface area contributed by atoms with Crippen LogP contribution >= 0.6 is 22.6 Å². The van der Waals surface area contributed by atoms with Crippen LogP contribution in [-0.2, 0) is 13.1 Å². The maximum absolute atomic E-state index is 3.53. The molecule has 0 saturated heterocycles. The summed E-state index contributed by atoms with van der Waals surface area (Å²) >= 11 is 2.38. The second-order valence-corrected chi connectivity index (χ2v) is 5.62. The molecule has 1 heterocycles. The van der Waals surface area contributed by atoms with Crippen molar-refractivity contribution in [1.29, 1.82) is 0 Å². The molecule has 96 valence electrons. The van der Waals surface area contributed by atoms with Gasteiger partial charge in [-0.05, 0) is 65.8 Å². The first-order chi connectivity index (χ1) is 8.72. The maximum atomic E-state index is 3.53. The highest BCUT2D eigenvalue weighted by Gasteiger charge is 2.03. The number of anilines is 1. The van der Waals surface area contributed by atoms with Crippen LogP contribution in [0.4, 0.5) is 5.69 Å². The van der Waals surface area contributed by atoms with Gasteiger partial charge in [0.2, 0.25) is 0 Å². The Morgan fingerprint density at radius 2 is 2.06 bits per heavy atom. The third-order valence-corrected chi connectivity index (χ3v) is 4.28. The van der Waals surface area contributed by atoms with Crippen molar-refractivity contribution in [2.45, 2.75) is 33.4 Å². The number of nitrogens with zero attached hydrogens (tertiary/aromatic N) is 1. The van der Waals surface area contributed by atoms with Crippen LogP contribution in [0.25, 0.3) is 0 Å². The summed E-state index contributed by atoms with van der Waals surface area (Å²) in [6.07, 6.45) is 3.33. The minimum absolute atomic E-state index is 0.883. The smallest absolute Gasteiger partial charge is 0.0553 e. The summed E-state index contributed by atoms with van der Waals surface area (Å²) in [5.74, 6) is 0. The Labute approximate surface area is 123 Å². The highest BCUT2D eigenvalue weighted by molar-refractivity contribution is 14.1. The van der Waals surface area contributed by atoms with Crippen molar-refractivity contribution in [1.82, 2.24) is 4.57 Å². The van der Waals surface area contributed by atoms with E-state index < -0.39 is 0 Å². The van der Waals surface area contributed by atoms with Gasteiger partial charge in [0, 0.05) is 27.7 Å². The molecule has 0 aliphatic carbocycles. The molecule has 0 aliphatic heterocycles. The van der Waals surface area contributed by atoms with Crippen LogP contribution in [0, 0.1) is 10.5 Å². The standard InChI is InChI=1S/C15H19IN2/c1-3-9-18-10-5-6-13(18)11-17-15-8-4-7-14(16)12(15)2/h4-8,10,17H,3,9,11H2,1-2H3. The lowest BCUT2D eigenvalue weighted by Gasteiger charge is -2.12. The molecule has 0 radical (unpaired) electrons. The quantitative estimate of drug-likeness (QED) is 0.787. The first kappa shape index (κ1) is 13.5. The van der Waals surface area contributed by atoms with E-state index in [2.05, 4.69) is 82.9 Å². The number of hydrogen-bond acceptors (Lipinski definition) is 1. The zero-order valence-corrected chi connectivity index (χ0v) is 13.1. The van der Waals surface area contributed by atoms with E-state index in [9.17, 15) is 0 Å². The van der Waals surface area contributed by atoms with Crippen molar-refractivity contribution in [2.24, 2.45) is 0 Å². The lowest BCUT2D eigenvalue weighted by atomic mass is 10.2. The molecule has 1 N–H and O–H groups in total. The second-order valence-electron chi connectivity index (χ2n) is 4.46. The Morgan fingerprint density at radius 1 is 1.22 bits per heavy atom. The van der Waals surface area contributed by atoms with Crippen LogP contribution in [0.1, 0.15) is 24.6 Å². The molecule has 1 aromatic heterocycles. The number of aromatic nitrogens is 1. The van der Waals surface area contributed by atoms with E-state index >= 15 is 0 Å². The summed E-state index contributed by atoms with van der Waals surface area (Å²) in [6.45, 7) is 6.35. The van der Waals surface area contributed by atoms with Gasteiger partial charge in [0.25, 0.3) is 0 Å². The lowest BCUT2D eigenvalue weighted by Crippen LogP contribution is -2.07. The number of nitrogens with one attached hydrogen (secondary N) is 1. The van der Waals surface area contributed by atoms with E-state index in [1.54, 1.807) is 0 Å². The van der Waals surface area contributed by atoms with E-state index in [0.717, 1.165) is 13.1 Å². The summed E-state index contributed by atoms with van der Waals surface area (Å²) in [6, 6.07) is 10.7. The van der Waals surface area contributed by atoms with Crippen LogP contribution in [0.2, 0.25) is 0 Å². The van der Waals surface area contributed by atoms with Crippen molar-refractivity contribution < 1.29 is 0 Å². The fourth-order valence-corrected chi connectivity index (χ4v) is 2.55. The molecule has 2 nitrogen and oxygen atoms in total. The zero-order valence-electron chi connectivity index (χ0n) is 10.9. The molecule has 0 amide bonds. The van der Waals surface area contributed by atoms with Gasteiger partial charge in [-0.1, -0.05) is 13.0 Å². The monoisotopic (exact) mass is 354 g/mol. The first-order valence-electron chi connectivity index (χ1n) is 6.35. The lowest BCUT2D eigenvalue weighted by molar-refractivity contribution is 0.654. The third kappa shape index (κ3) is 3.07. The van der Waals surface area contributed by atoms with Gasteiger partial charge in [0.05, 0.1) is 6.54 Å². The number of halogens is 1. The van der Waals surface area contributed by atoms with Gasteiger partial charge < -0.3 is 9.88 Å². The number of rotatable bonds is 5. The highest BCUT2D eigenvalue weighted by Crippen LogP contribution is 2.21. The van der Waals surface area contributed by atoms with Gasteiger partial charge in [-0.15, -0.1) is 0 Å². The summed E-state index contributed by atoms with van der Waals surface area (Å²) in [5, 5.41) is 3.53. The molecular weight excluding hydrogens is 335 g/mol. The fourth-order valence-electron chi connectivity index (χ4n) is 2.05. The molecule has 0 saturated carbocycles. The van der Waals surface area contributed by atoms with Gasteiger partial charge in [-0.3, -0.25) is 0 Å². The van der Waals surface area contributed by atoms with E-state index in [1.165, 1.54) is 26.9 Å². The van der Waals surface area contributed by atoms with E-state index in [0.29, 0.717) is 0 Å². The Kier molecular flexibility index (Phi) is 4.69. The number of aryl methyl sites for hydroxylation is 1. The molecule has 1 aromatic carbocycles. The highest BCUT2D eigenvalue weighted by atomic mass is 127. The summed E-state index contributed by atoms with van der Waals surface area (Å²) < 4.78 is 3.62. The van der Waals surface area contributed by atoms with Crippen molar-refractivity contribution in [3.63, 3.8) is 0 Å². The summed E-state index contributed by atoms with van der Waals surface area (Å²) in [4.78, 5) is 0. The number of hydrogen-bond donors (Lipinski definition) is 1. The molecule has 18 heavy (non-hydrogen) atoms. The Hall–Kier alpha value is -0.970. The van der Waals surface area contributed by atoms with Crippen molar-refractivity contribution >= 4 is 28.3 Å².